The first-order valence-corrected chi connectivity index (χ1v) is 7.92. The third-order valence-electron chi connectivity index (χ3n) is 4.06. The number of aromatic amines is 1. The van der Waals surface area contributed by atoms with Crippen molar-refractivity contribution >= 4 is 23.3 Å². The van der Waals surface area contributed by atoms with Gasteiger partial charge in [-0.05, 0) is 38.0 Å². The van der Waals surface area contributed by atoms with Gasteiger partial charge in [-0.1, -0.05) is 17.7 Å². The van der Waals surface area contributed by atoms with Gasteiger partial charge in [0.2, 0.25) is 5.91 Å². The van der Waals surface area contributed by atoms with Gasteiger partial charge in [-0.3, -0.25) is 9.59 Å². The number of Topliss-reactive ketones (excluding diaryl/α,β-unsaturated/α-hetero) is 1. The normalized spacial score (nSPS) is 10.4. The molecule has 0 fully saturated rings. The number of amides is 1. The minimum Gasteiger partial charge on any atom is -0.465 e. The molecule has 0 unspecified atom stereocenters. The highest BCUT2D eigenvalue weighted by Crippen LogP contribution is 2.22. The molecule has 1 aromatic carbocycles. The highest BCUT2D eigenvalue weighted by atomic mass is 16.5. The highest BCUT2D eigenvalue weighted by Gasteiger charge is 2.24. The number of hydrogen-bond acceptors (Lipinski definition) is 4. The first-order chi connectivity index (χ1) is 11.7. The van der Waals surface area contributed by atoms with Crippen molar-refractivity contribution in [2.45, 2.75) is 34.1 Å². The number of carbonyl (C=O) groups excluding carboxylic acids is 3. The van der Waals surface area contributed by atoms with Crippen molar-refractivity contribution in [1.82, 2.24) is 4.98 Å². The molecule has 2 N–H and O–H groups in total. The van der Waals surface area contributed by atoms with Crippen LogP contribution in [0, 0.1) is 20.8 Å². The van der Waals surface area contributed by atoms with Gasteiger partial charge in [0.05, 0.1) is 24.8 Å². The van der Waals surface area contributed by atoms with E-state index in [4.69, 9.17) is 4.74 Å². The second-order valence-corrected chi connectivity index (χ2v) is 6.07. The quantitative estimate of drug-likeness (QED) is 0.645. The van der Waals surface area contributed by atoms with Gasteiger partial charge in [0.15, 0.2) is 5.78 Å². The molecule has 0 bridgehead atoms. The number of anilines is 1. The summed E-state index contributed by atoms with van der Waals surface area (Å²) in [6.45, 7) is 6.95. The molecule has 6 heteroatoms. The Morgan fingerprint density at radius 1 is 1.16 bits per heavy atom. The summed E-state index contributed by atoms with van der Waals surface area (Å²) in [5.41, 5.74) is 4.19. The van der Waals surface area contributed by atoms with E-state index < -0.39 is 5.97 Å². The van der Waals surface area contributed by atoms with E-state index in [1.165, 1.54) is 14.0 Å². The number of ketones is 1. The molecule has 0 aliphatic rings. The van der Waals surface area contributed by atoms with E-state index in [1.54, 1.807) is 6.92 Å². The number of H-pyrrole nitrogens is 1. The highest BCUT2D eigenvalue weighted by molar-refractivity contribution is 6.02. The summed E-state index contributed by atoms with van der Waals surface area (Å²) in [4.78, 5) is 39.0. The van der Waals surface area contributed by atoms with Gasteiger partial charge in [0.1, 0.15) is 0 Å². The van der Waals surface area contributed by atoms with Gasteiger partial charge < -0.3 is 15.0 Å². The molecule has 1 aromatic heterocycles. The summed E-state index contributed by atoms with van der Waals surface area (Å²) in [5, 5.41) is 2.83. The number of ether oxygens (including phenoxy) is 1. The predicted molar refractivity (Wildman–Crippen MR) is 95.1 cm³/mol. The smallest absolute Gasteiger partial charge is 0.339 e. The third kappa shape index (κ3) is 3.96. The van der Waals surface area contributed by atoms with Gasteiger partial charge in [0, 0.05) is 18.3 Å². The molecular weight excluding hydrogens is 320 g/mol. The Morgan fingerprint density at radius 3 is 2.40 bits per heavy atom. The largest absolute Gasteiger partial charge is 0.465 e. The van der Waals surface area contributed by atoms with Crippen LogP contribution in [0.5, 0.6) is 0 Å². The van der Waals surface area contributed by atoms with Gasteiger partial charge >= 0.3 is 5.97 Å². The maximum atomic E-state index is 12.4. The first kappa shape index (κ1) is 18.4. The Balaban J connectivity index is 2.29. The Labute approximate surface area is 146 Å². The van der Waals surface area contributed by atoms with E-state index in [-0.39, 0.29) is 23.7 Å². The van der Waals surface area contributed by atoms with Gasteiger partial charge in [-0.15, -0.1) is 0 Å². The lowest BCUT2D eigenvalue weighted by Crippen LogP contribution is -2.17. The van der Waals surface area contributed by atoms with Crippen LogP contribution in [0.1, 0.15) is 50.2 Å². The first-order valence-electron chi connectivity index (χ1n) is 7.92. The molecule has 1 amide bonds. The molecule has 0 aliphatic heterocycles. The van der Waals surface area contributed by atoms with Crippen molar-refractivity contribution in [1.29, 1.82) is 0 Å². The van der Waals surface area contributed by atoms with Crippen LogP contribution in [-0.2, 0) is 16.0 Å². The van der Waals surface area contributed by atoms with E-state index in [1.807, 2.05) is 32.0 Å². The molecular formula is C19H22N2O4. The molecule has 2 aromatic rings. The van der Waals surface area contributed by atoms with Crippen molar-refractivity contribution in [3.8, 4) is 0 Å². The van der Waals surface area contributed by atoms with E-state index in [2.05, 4.69) is 10.3 Å². The number of benzene rings is 1. The molecule has 0 aliphatic carbocycles. The van der Waals surface area contributed by atoms with E-state index in [0.29, 0.717) is 22.6 Å². The van der Waals surface area contributed by atoms with Crippen LogP contribution in [0.15, 0.2) is 18.2 Å². The summed E-state index contributed by atoms with van der Waals surface area (Å²) in [6, 6.07) is 5.72. The van der Waals surface area contributed by atoms with E-state index in [0.717, 1.165) is 11.1 Å². The zero-order chi connectivity index (χ0) is 18.7. The standard InChI is InChI=1S/C19H22N2O4/c1-10-6-7-14(11(2)8-10)20-16(23)9-15-17(19(24)25-5)12(3)18(21-15)13(4)22/h6-8,21H,9H2,1-5H3,(H,20,23). The minimum absolute atomic E-state index is 0.0636. The molecule has 6 nitrogen and oxygen atoms in total. The van der Waals surface area contributed by atoms with Crippen LogP contribution in [0.2, 0.25) is 0 Å². The molecule has 0 spiro atoms. The fourth-order valence-electron chi connectivity index (χ4n) is 2.83. The van der Waals surface area contributed by atoms with Crippen LogP contribution < -0.4 is 5.32 Å². The Morgan fingerprint density at radius 2 is 1.84 bits per heavy atom. The number of hydrogen-bond donors (Lipinski definition) is 2. The van der Waals surface area contributed by atoms with Crippen molar-refractivity contribution < 1.29 is 19.1 Å². The number of methoxy groups -OCH3 is 1. The molecule has 25 heavy (non-hydrogen) atoms. The molecule has 1 heterocycles. The zero-order valence-corrected chi connectivity index (χ0v) is 15.1. The van der Waals surface area contributed by atoms with Crippen LogP contribution >= 0.6 is 0 Å². The SMILES string of the molecule is COC(=O)c1c(CC(=O)Nc2ccc(C)cc2C)[nH]c(C(C)=O)c1C. The number of aromatic nitrogens is 1. The van der Waals surface area contributed by atoms with Crippen LogP contribution in [0.3, 0.4) is 0 Å². The fourth-order valence-corrected chi connectivity index (χ4v) is 2.83. The fraction of sp³-hybridized carbons (Fsp3) is 0.316. The number of nitrogens with one attached hydrogen (secondary N) is 2. The maximum Gasteiger partial charge on any atom is 0.339 e. The average Bonchev–Trinajstić information content (AvgIpc) is 2.86. The zero-order valence-electron chi connectivity index (χ0n) is 15.1. The van der Waals surface area contributed by atoms with Crippen molar-refractivity contribution in [3.63, 3.8) is 0 Å². The van der Waals surface area contributed by atoms with E-state index in [9.17, 15) is 14.4 Å². The molecule has 0 saturated heterocycles. The molecule has 0 saturated carbocycles. The lowest BCUT2D eigenvalue weighted by molar-refractivity contribution is -0.115. The van der Waals surface area contributed by atoms with Crippen molar-refractivity contribution in [3.05, 3.63) is 51.8 Å². The Bertz CT molecular complexity index is 849. The summed E-state index contributed by atoms with van der Waals surface area (Å²) in [7, 11) is 1.27. The second-order valence-electron chi connectivity index (χ2n) is 6.07. The minimum atomic E-state index is -0.574. The molecule has 132 valence electrons. The Hall–Kier alpha value is -2.89. The van der Waals surface area contributed by atoms with Gasteiger partial charge in [-0.2, -0.15) is 0 Å². The average molecular weight is 342 g/mol. The number of aryl methyl sites for hydroxylation is 2. The van der Waals surface area contributed by atoms with Crippen molar-refractivity contribution in [2.24, 2.45) is 0 Å². The van der Waals surface area contributed by atoms with E-state index >= 15 is 0 Å². The maximum absolute atomic E-state index is 12.4. The molecule has 2 rings (SSSR count). The number of carbonyl (C=O) groups is 3. The Kier molecular flexibility index (Phi) is 5.41. The lowest BCUT2D eigenvalue weighted by atomic mass is 10.1. The van der Waals surface area contributed by atoms with Gasteiger partial charge in [-0.25, -0.2) is 4.79 Å². The molecule has 0 radical (unpaired) electrons. The molecule has 0 atom stereocenters. The summed E-state index contributed by atoms with van der Waals surface area (Å²) < 4.78 is 4.78. The topological polar surface area (TPSA) is 88.3 Å². The van der Waals surface area contributed by atoms with Crippen LogP contribution in [-0.4, -0.2) is 29.8 Å². The lowest BCUT2D eigenvalue weighted by Gasteiger charge is -2.09. The summed E-state index contributed by atoms with van der Waals surface area (Å²) in [6.07, 6.45) is -0.0636. The summed E-state index contributed by atoms with van der Waals surface area (Å²) in [5.74, 6) is -1.06. The summed E-state index contributed by atoms with van der Waals surface area (Å²) >= 11 is 0. The third-order valence-corrected chi connectivity index (χ3v) is 4.06. The monoisotopic (exact) mass is 342 g/mol. The van der Waals surface area contributed by atoms with Crippen molar-refractivity contribution in [2.75, 3.05) is 12.4 Å². The van der Waals surface area contributed by atoms with Crippen LogP contribution in [0.4, 0.5) is 5.69 Å². The second kappa shape index (κ2) is 7.34. The number of rotatable bonds is 5. The van der Waals surface area contributed by atoms with Crippen LogP contribution in [0.25, 0.3) is 0 Å². The predicted octanol–water partition coefficient (Wildman–Crippen LogP) is 3.11. The number of esters is 1. The van der Waals surface area contributed by atoms with Gasteiger partial charge in [0.25, 0.3) is 0 Å².